The smallest absolute Gasteiger partial charge is 0.0630 e. The van der Waals surface area contributed by atoms with Gasteiger partial charge < -0.3 is 10.1 Å². The number of ether oxygens (including phenoxy) is 1. The lowest BCUT2D eigenvalue weighted by Crippen LogP contribution is -2.47. The highest BCUT2D eigenvalue weighted by Crippen LogP contribution is 2.10. The Hall–Kier alpha value is -0.120. The molecule has 1 unspecified atom stereocenters. The molecular formula is C12H28N2O. The van der Waals surface area contributed by atoms with Crippen LogP contribution in [0.15, 0.2) is 0 Å². The highest BCUT2D eigenvalue weighted by molar-refractivity contribution is 4.76. The van der Waals surface area contributed by atoms with Crippen LogP contribution in [0, 0.1) is 0 Å². The first kappa shape index (κ1) is 14.9. The van der Waals surface area contributed by atoms with E-state index in [2.05, 4.69) is 38.0 Å². The molecule has 0 heterocycles. The van der Waals surface area contributed by atoms with E-state index in [1.807, 2.05) is 0 Å². The molecule has 0 spiro atoms. The van der Waals surface area contributed by atoms with Crippen molar-refractivity contribution in [1.29, 1.82) is 0 Å². The summed E-state index contributed by atoms with van der Waals surface area (Å²) >= 11 is 0. The van der Waals surface area contributed by atoms with Gasteiger partial charge in [-0.15, -0.1) is 0 Å². The molecule has 0 amide bonds. The Labute approximate surface area is 95.2 Å². The van der Waals surface area contributed by atoms with E-state index < -0.39 is 0 Å². The number of hydrogen-bond acceptors (Lipinski definition) is 3. The van der Waals surface area contributed by atoms with E-state index in [-0.39, 0.29) is 0 Å². The van der Waals surface area contributed by atoms with Crippen LogP contribution in [0.1, 0.15) is 33.6 Å². The van der Waals surface area contributed by atoms with Crippen LogP contribution in [0.2, 0.25) is 0 Å². The summed E-state index contributed by atoms with van der Waals surface area (Å²) in [7, 11) is 3.98. The minimum Gasteiger partial charge on any atom is -0.383 e. The van der Waals surface area contributed by atoms with Crippen molar-refractivity contribution < 1.29 is 4.74 Å². The van der Waals surface area contributed by atoms with Crippen molar-refractivity contribution >= 4 is 0 Å². The van der Waals surface area contributed by atoms with Gasteiger partial charge in [0.15, 0.2) is 0 Å². The quantitative estimate of drug-likeness (QED) is 0.635. The maximum absolute atomic E-state index is 5.28. The topological polar surface area (TPSA) is 24.5 Å². The first-order valence-electron chi connectivity index (χ1n) is 6.12. The molecule has 0 aliphatic carbocycles. The normalized spacial score (nSPS) is 13.8. The zero-order chi connectivity index (χ0) is 11.7. The van der Waals surface area contributed by atoms with Crippen LogP contribution >= 0.6 is 0 Å². The molecule has 0 aromatic carbocycles. The molecule has 0 fully saturated rings. The van der Waals surface area contributed by atoms with Gasteiger partial charge in [0.2, 0.25) is 0 Å². The second-order valence-corrected chi connectivity index (χ2v) is 4.05. The molecule has 0 aromatic heterocycles. The van der Waals surface area contributed by atoms with Crippen LogP contribution in [0.25, 0.3) is 0 Å². The number of rotatable bonds is 9. The summed E-state index contributed by atoms with van der Waals surface area (Å²) < 4.78 is 5.28. The van der Waals surface area contributed by atoms with Gasteiger partial charge in [-0.25, -0.2) is 0 Å². The summed E-state index contributed by atoms with van der Waals surface area (Å²) in [4.78, 5) is 2.45. The minimum absolute atomic E-state index is 0.486. The second-order valence-electron chi connectivity index (χ2n) is 4.05. The minimum atomic E-state index is 0.486. The van der Waals surface area contributed by atoms with Gasteiger partial charge in [0.05, 0.1) is 6.61 Å². The summed E-state index contributed by atoms with van der Waals surface area (Å²) in [5.41, 5.74) is 0. The molecule has 3 nitrogen and oxygen atoms in total. The van der Waals surface area contributed by atoms with Crippen LogP contribution in [-0.4, -0.2) is 50.8 Å². The monoisotopic (exact) mass is 216 g/mol. The number of likely N-dealkylation sites (N-methyl/N-ethyl adjacent to an activating group) is 2. The molecule has 1 N–H and O–H groups in total. The number of nitrogens with zero attached hydrogens (tertiary/aromatic N) is 1. The van der Waals surface area contributed by atoms with E-state index in [4.69, 9.17) is 4.74 Å². The summed E-state index contributed by atoms with van der Waals surface area (Å²) in [6.07, 6.45) is 2.42. The summed E-state index contributed by atoms with van der Waals surface area (Å²) in [5.74, 6) is 0. The fraction of sp³-hybridized carbons (Fsp3) is 1.00. The van der Waals surface area contributed by atoms with Crippen LogP contribution in [0.3, 0.4) is 0 Å². The fourth-order valence-corrected chi connectivity index (χ4v) is 1.99. The molecule has 3 heteroatoms. The third-order valence-electron chi connectivity index (χ3n) is 3.08. The molecule has 0 saturated carbocycles. The summed E-state index contributed by atoms with van der Waals surface area (Å²) in [6, 6.07) is 1.16. The van der Waals surface area contributed by atoms with Crippen LogP contribution in [-0.2, 0) is 4.74 Å². The van der Waals surface area contributed by atoms with E-state index in [1.54, 1.807) is 7.11 Å². The van der Waals surface area contributed by atoms with E-state index in [0.29, 0.717) is 12.1 Å². The second kappa shape index (κ2) is 9.13. The average molecular weight is 216 g/mol. The van der Waals surface area contributed by atoms with Crippen LogP contribution in [0.5, 0.6) is 0 Å². The van der Waals surface area contributed by atoms with Gasteiger partial charge >= 0.3 is 0 Å². The van der Waals surface area contributed by atoms with Crippen LogP contribution < -0.4 is 5.32 Å². The SMILES string of the molecule is CCNCC(COC)N(C)C(CC)CC. The molecule has 0 bridgehead atoms. The third-order valence-corrected chi connectivity index (χ3v) is 3.08. The largest absolute Gasteiger partial charge is 0.383 e. The Balaban J connectivity index is 4.17. The predicted molar refractivity (Wildman–Crippen MR) is 66.3 cm³/mol. The molecule has 0 rings (SSSR count). The van der Waals surface area contributed by atoms with Gasteiger partial charge in [-0.1, -0.05) is 20.8 Å². The predicted octanol–water partition coefficient (Wildman–Crippen LogP) is 1.73. The highest BCUT2D eigenvalue weighted by atomic mass is 16.5. The van der Waals surface area contributed by atoms with Gasteiger partial charge in [-0.3, -0.25) is 4.90 Å². The lowest BCUT2D eigenvalue weighted by atomic mass is 10.1. The molecule has 0 aliphatic rings. The number of nitrogens with one attached hydrogen (secondary N) is 1. The number of methoxy groups -OCH3 is 1. The van der Waals surface area contributed by atoms with Crippen LogP contribution in [0.4, 0.5) is 0 Å². The Morgan fingerprint density at radius 1 is 1.13 bits per heavy atom. The third kappa shape index (κ3) is 5.50. The first-order chi connectivity index (χ1) is 7.21. The van der Waals surface area contributed by atoms with E-state index >= 15 is 0 Å². The fourth-order valence-electron chi connectivity index (χ4n) is 1.99. The van der Waals surface area contributed by atoms with Crippen molar-refractivity contribution in [2.75, 3.05) is 33.9 Å². The van der Waals surface area contributed by atoms with Crippen molar-refractivity contribution in [2.45, 2.75) is 45.7 Å². The Bertz CT molecular complexity index is 138. The standard InChI is InChI=1S/C12H28N2O/c1-6-11(7-2)14(4)12(10-15-5)9-13-8-3/h11-13H,6-10H2,1-5H3. The molecule has 15 heavy (non-hydrogen) atoms. The molecule has 0 aromatic rings. The maximum atomic E-state index is 5.28. The van der Waals surface area contributed by atoms with Gasteiger partial charge in [0.25, 0.3) is 0 Å². The Kier molecular flexibility index (Phi) is 9.06. The molecular weight excluding hydrogens is 188 g/mol. The van der Waals surface area contributed by atoms with Crippen molar-refractivity contribution in [3.8, 4) is 0 Å². The van der Waals surface area contributed by atoms with Gasteiger partial charge in [-0.05, 0) is 26.4 Å². The first-order valence-corrected chi connectivity index (χ1v) is 6.12. The van der Waals surface area contributed by atoms with Crippen molar-refractivity contribution in [3.63, 3.8) is 0 Å². The molecule has 0 aliphatic heterocycles. The maximum Gasteiger partial charge on any atom is 0.0630 e. The summed E-state index contributed by atoms with van der Waals surface area (Å²) in [5, 5.41) is 3.40. The zero-order valence-electron chi connectivity index (χ0n) is 11.0. The van der Waals surface area contributed by atoms with E-state index in [9.17, 15) is 0 Å². The molecule has 0 saturated heterocycles. The number of hydrogen-bond donors (Lipinski definition) is 1. The van der Waals surface area contributed by atoms with E-state index in [1.165, 1.54) is 12.8 Å². The molecule has 1 atom stereocenters. The van der Waals surface area contributed by atoms with E-state index in [0.717, 1.165) is 19.7 Å². The average Bonchev–Trinajstić information content (AvgIpc) is 2.25. The Morgan fingerprint density at radius 2 is 1.73 bits per heavy atom. The molecule has 0 radical (unpaired) electrons. The van der Waals surface area contributed by atoms with Crippen molar-refractivity contribution in [1.82, 2.24) is 10.2 Å². The summed E-state index contributed by atoms with van der Waals surface area (Å²) in [6.45, 7) is 9.48. The highest BCUT2D eigenvalue weighted by Gasteiger charge is 2.19. The molecule has 92 valence electrons. The van der Waals surface area contributed by atoms with Crippen molar-refractivity contribution in [3.05, 3.63) is 0 Å². The van der Waals surface area contributed by atoms with Gasteiger partial charge in [0.1, 0.15) is 0 Å². The zero-order valence-corrected chi connectivity index (χ0v) is 11.0. The van der Waals surface area contributed by atoms with Gasteiger partial charge in [-0.2, -0.15) is 0 Å². The Morgan fingerprint density at radius 3 is 2.13 bits per heavy atom. The lowest BCUT2D eigenvalue weighted by Gasteiger charge is -2.34. The van der Waals surface area contributed by atoms with Crippen molar-refractivity contribution in [2.24, 2.45) is 0 Å². The lowest BCUT2D eigenvalue weighted by molar-refractivity contribution is 0.0766. The van der Waals surface area contributed by atoms with Gasteiger partial charge in [0, 0.05) is 25.7 Å².